The molecule has 0 atom stereocenters. The molecule has 2 N–H and O–H groups in total. The van der Waals surface area contributed by atoms with E-state index in [9.17, 15) is 19.2 Å². The van der Waals surface area contributed by atoms with Crippen molar-refractivity contribution in [1.82, 2.24) is 0 Å². The van der Waals surface area contributed by atoms with Crippen LogP contribution in [0.15, 0.2) is 121 Å². The molecule has 0 saturated carbocycles. The van der Waals surface area contributed by atoms with Crippen molar-refractivity contribution in [3.63, 3.8) is 0 Å². The molecule has 47 heavy (non-hydrogen) atoms. The Labute approximate surface area is 270 Å². The Morgan fingerprint density at radius 1 is 0.511 bits per heavy atom. The molecule has 1 aliphatic carbocycles. The number of hydrogen-bond acceptors (Lipinski definition) is 8. The molecule has 0 fully saturated rings. The Hall–Kier alpha value is -6.16. The second-order valence-corrected chi connectivity index (χ2v) is 10.3. The van der Waals surface area contributed by atoms with Crippen LogP contribution in [-0.2, 0) is 34.1 Å². The first-order chi connectivity index (χ1) is 22.8. The molecular formula is C37H30O10. The van der Waals surface area contributed by atoms with Crippen molar-refractivity contribution in [1.29, 1.82) is 0 Å². The first-order valence-corrected chi connectivity index (χ1v) is 14.6. The Bertz CT molecular complexity index is 1690. The standard InChI is InChI=1S/C37H30O10/c38-33(39)17-19-35(42)46-23-21-44-27-13-9-25(10-14-27)37(31-7-3-1-5-29(31)30-6-2-4-8-32(30)37)26-11-15-28(16-12-26)45-22-24-47-36(43)20-18-34(40)41/h1-20H,21-24H2,(H,38,39)(H,40,41)/b19-17+,20-18+. The zero-order valence-electron chi connectivity index (χ0n) is 25.0. The van der Waals surface area contributed by atoms with Gasteiger partial charge in [-0.25, -0.2) is 19.2 Å². The Kier molecular flexibility index (Phi) is 10.1. The molecule has 0 aliphatic heterocycles. The SMILES string of the molecule is O=C(O)/C=C/C(=O)OCCOc1ccc(C2(c3ccc(OCCOC(=O)/C=C/C(=O)O)cc3)c3ccccc3-c3ccccc32)cc1. The molecule has 0 saturated heterocycles. The smallest absolute Gasteiger partial charge is 0.331 e. The number of benzene rings is 4. The third-order valence-corrected chi connectivity index (χ3v) is 7.44. The average Bonchev–Trinajstić information content (AvgIpc) is 3.38. The summed E-state index contributed by atoms with van der Waals surface area (Å²) in [5.74, 6) is -2.86. The molecule has 10 heteroatoms. The summed E-state index contributed by atoms with van der Waals surface area (Å²) < 4.78 is 21.5. The molecule has 0 radical (unpaired) electrons. The number of aliphatic carboxylic acids is 2. The second kappa shape index (κ2) is 14.7. The van der Waals surface area contributed by atoms with Crippen LogP contribution in [-0.4, -0.2) is 60.5 Å². The van der Waals surface area contributed by atoms with Gasteiger partial charge in [-0.2, -0.15) is 0 Å². The van der Waals surface area contributed by atoms with E-state index in [-0.39, 0.29) is 26.4 Å². The summed E-state index contributed by atoms with van der Waals surface area (Å²) in [5, 5.41) is 17.2. The van der Waals surface area contributed by atoms with Gasteiger partial charge in [0.2, 0.25) is 0 Å². The number of fused-ring (bicyclic) bond motifs is 3. The number of rotatable bonds is 14. The maximum atomic E-state index is 11.6. The third kappa shape index (κ3) is 7.39. The van der Waals surface area contributed by atoms with Gasteiger partial charge in [0, 0.05) is 24.3 Å². The largest absolute Gasteiger partial charge is 0.490 e. The maximum absolute atomic E-state index is 11.6. The van der Waals surface area contributed by atoms with Crippen LogP contribution in [0.3, 0.4) is 0 Å². The minimum atomic E-state index is -1.24. The number of carboxylic acids is 2. The minimum absolute atomic E-state index is 0.0478. The van der Waals surface area contributed by atoms with E-state index in [1.165, 1.54) is 0 Å². The van der Waals surface area contributed by atoms with Gasteiger partial charge in [0.25, 0.3) is 0 Å². The van der Waals surface area contributed by atoms with Crippen molar-refractivity contribution in [2.45, 2.75) is 5.41 Å². The van der Waals surface area contributed by atoms with Crippen LogP contribution >= 0.6 is 0 Å². The van der Waals surface area contributed by atoms with Crippen molar-refractivity contribution < 1.29 is 48.3 Å². The fraction of sp³-hybridized carbons (Fsp3) is 0.135. The van der Waals surface area contributed by atoms with Gasteiger partial charge in [0.15, 0.2) is 0 Å². The van der Waals surface area contributed by atoms with Crippen LogP contribution in [0.5, 0.6) is 11.5 Å². The summed E-state index contributed by atoms with van der Waals surface area (Å²) in [5.41, 5.74) is 5.83. The normalized spacial score (nSPS) is 12.7. The van der Waals surface area contributed by atoms with Gasteiger partial charge >= 0.3 is 23.9 Å². The maximum Gasteiger partial charge on any atom is 0.331 e. The molecule has 10 nitrogen and oxygen atoms in total. The van der Waals surface area contributed by atoms with Gasteiger partial charge in [-0.15, -0.1) is 0 Å². The lowest BCUT2D eigenvalue weighted by molar-refractivity contribution is -0.139. The van der Waals surface area contributed by atoms with Crippen molar-refractivity contribution >= 4 is 23.9 Å². The first-order valence-electron chi connectivity index (χ1n) is 14.6. The Morgan fingerprint density at radius 3 is 1.28 bits per heavy atom. The van der Waals surface area contributed by atoms with Crippen LogP contribution in [0, 0.1) is 0 Å². The molecule has 1 aliphatic rings. The van der Waals surface area contributed by atoms with Gasteiger partial charge in [-0.3, -0.25) is 0 Å². The zero-order chi connectivity index (χ0) is 33.2. The van der Waals surface area contributed by atoms with Crippen LogP contribution in [0.2, 0.25) is 0 Å². The van der Waals surface area contributed by atoms with Crippen LogP contribution in [0.4, 0.5) is 0 Å². The van der Waals surface area contributed by atoms with Gasteiger partial charge < -0.3 is 29.2 Å². The molecule has 0 heterocycles. The van der Waals surface area contributed by atoms with Crippen molar-refractivity contribution in [3.05, 3.63) is 144 Å². The number of hydrogen-bond donors (Lipinski definition) is 2. The molecule has 0 bridgehead atoms. The van der Waals surface area contributed by atoms with E-state index in [0.29, 0.717) is 23.7 Å². The second-order valence-electron chi connectivity index (χ2n) is 10.3. The highest BCUT2D eigenvalue weighted by Crippen LogP contribution is 2.56. The molecule has 5 rings (SSSR count). The summed E-state index contributed by atoms with van der Waals surface area (Å²) in [6.45, 7) is 0.0761. The van der Waals surface area contributed by atoms with E-state index >= 15 is 0 Å². The predicted octanol–water partition coefficient (Wildman–Crippen LogP) is 5.18. The molecule has 4 aromatic carbocycles. The highest BCUT2D eigenvalue weighted by molar-refractivity contribution is 5.91. The van der Waals surface area contributed by atoms with Crippen molar-refractivity contribution in [3.8, 4) is 22.6 Å². The third-order valence-electron chi connectivity index (χ3n) is 7.44. The Morgan fingerprint density at radius 2 is 0.894 bits per heavy atom. The predicted molar refractivity (Wildman–Crippen MR) is 170 cm³/mol. The van der Waals surface area contributed by atoms with Crippen LogP contribution in [0.1, 0.15) is 22.3 Å². The lowest BCUT2D eigenvalue weighted by Crippen LogP contribution is -2.28. The van der Waals surface area contributed by atoms with Gasteiger partial charge in [-0.1, -0.05) is 72.8 Å². The molecule has 238 valence electrons. The fourth-order valence-corrected chi connectivity index (χ4v) is 5.60. The van der Waals surface area contributed by atoms with E-state index in [0.717, 1.165) is 45.5 Å². The number of carboxylic acid groups (broad SMARTS) is 2. The minimum Gasteiger partial charge on any atom is -0.490 e. The van der Waals surface area contributed by atoms with Crippen LogP contribution < -0.4 is 9.47 Å². The number of carbonyl (C=O) groups excluding carboxylic acids is 2. The molecule has 0 aromatic heterocycles. The molecule has 4 aromatic rings. The number of carbonyl (C=O) groups is 4. The summed E-state index contributed by atoms with van der Waals surface area (Å²) >= 11 is 0. The molecule has 0 amide bonds. The summed E-state index contributed by atoms with van der Waals surface area (Å²) in [7, 11) is 0. The molecule has 0 spiro atoms. The van der Waals surface area contributed by atoms with E-state index in [1.807, 2.05) is 72.8 Å². The molecular weight excluding hydrogens is 604 g/mol. The van der Waals surface area contributed by atoms with E-state index < -0.39 is 29.3 Å². The lowest BCUT2D eigenvalue weighted by Gasteiger charge is -2.34. The monoisotopic (exact) mass is 634 g/mol. The van der Waals surface area contributed by atoms with Crippen molar-refractivity contribution in [2.24, 2.45) is 0 Å². The lowest BCUT2D eigenvalue weighted by atomic mass is 9.68. The van der Waals surface area contributed by atoms with E-state index in [2.05, 4.69) is 24.3 Å². The zero-order valence-corrected chi connectivity index (χ0v) is 25.0. The first kappa shape index (κ1) is 32.2. The topological polar surface area (TPSA) is 146 Å². The van der Waals surface area contributed by atoms with Crippen LogP contribution in [0.25, 0.3) is 11.1 Å². The van der Waals surface area contributed by atoms with Gasteiger partial charge in [0.05, 0.1) is 5.41 Å². The van der Waals surface area contributed by atoms with Crippen molar-refractivity contribution in [2.75, 3.05) is 26.4 Å². The quantitative estimate of drug-likeness (QED) is 0.0953. The fourth-order valence-electron chi connectivity index (χ4n) is 5.60. The van der Waals surface area contributed by atoms with E-state index in [1.54, 1.807) is 0 Å². The highest BCUT2D eigenvalue weighted by atomic mass is 16.6. The summed E-state index contributed by atoms with van der Waals surface area (Å²) in [6.07, 6.45) is 3.11. The van der Waals surface area contributed by atoms with Gasteiger partial charge in [-0.05, 0) is 57.6 Å². The summed E-state index contributed by atoms with van der Waals surface area (Å²) in [6, 6.07) is 32.0. The summed E-state index contributed by atoms with van der Waals surface area (Å²) in [4.78, 5) is 44.3. The van der Waals surface area contributed by atoms with Gasteiger partial charge in [0.1, 0.15) is 37.9 Å². The van der Waals surface area contributed by atoms with E-state index in [4.69, 9.17) is 29.2 Å². The Balaban J connectivity index is 1.37. The highest BCUT2D eigenvalue weighted by Gasteiger charge is 2.45. The average molecular weight is 635 g/mol. The number of esters is 2. The number of ether oxygens (including phenoxy) is 4. The molecule has 0 unspecified atom stereocenters.